The molecule has 0 radical (unpaired) electrons. The molecule has 4 saturated carbocycles. The predicted octanol–water partition coefficient (Wildman–Crippen LogP) is 7.65. The first kappa shape index (κ1) is 24.4. The van der Waals surface area contributed by atoms with Crippen LogP contribution in [0.4, 0.5) is 0 Å². The first-order chi connectivity index (χ1) is 16.0. The zero-order valence-corrected chi connectivity index (χ0v) is 24.2. The zero-order valence-electron chi connectivity index (χ0n) is 23.2. The van der Waals surface area contributed by atoms with Gasteiger partial charge < -0.3 is 13.9 Å². The van der Waals surface area contributed by atoms with Gasteiger partial charge in [-0.2, -0.15) is 0 Å². The lowest BCUT2D eigenvalue weighted by Crippen LogP contribution is -2.55. The summed E-state index contributed by atoms with van der Waals surface area (Å²) in [6.45, 7) is 18.2. The Hall–Kier alpha value is 0.0969. The Morgan fingerprint density at radius 3 is 2.29 bits per heavy atom. The molecule has 4 aliphatic carbocycles. The molecule has 0 aromatic heterocycles. The van der Waals surface area contributed by atoms with Crippen LogP contribution in [-0.4, -0.2) is 32.9 Å². The van der Waals surface area contributed by atoms with Gasteiger partial charge in [0, 0.05) is 18.4 Å². The summed E-state index contributed by atoms with van der Waals surface area (Å²) < 4.78 is 20.1. The van der Waals surface area contributed by atoms with E-state index in [2.05, 4.69) is 47.3 Å². The topological polar surface area (TPSA) is 27.7 Å². The molecule has 6 fully saturated rings. The Bertz CT molecular complexity index is 784. The van der Waals surface area contributed by atoms with Gasteiger partial charge in [-0.1, -0.05) is 27.7 Å². The van der Waals surface area contributed by atoms with Crippen molar-refractivity contribution in [1.82, 2.24) is 0 Å². The standard InChI is InChI=1S/C30H52O3Si/c1-19-10-15-30(31-18-19)20(2)27-26(32-30)17-25-23-9-8-21-16-22(33-34(5,6)7)11-13-28(21,3)24(23)12-14-29(25,27)4/h19-27H,8-18H2,1-7H3/t19-,20+,21+,22+,23-,24+,25+,26+,27+,28+,29+,30-/m1/s1. The zero-order chi connectivity index (χ0) is 24.1. The maximum atomic E-state index is 6.97. The van der Waals surface area contributed by atoms with E-state index in [4.69, 9.17) is 13.9 Å². The molecule has 1 spiro atoms. The minimum Gasteiger partial charge on any atom is -0.415 e. The van der Waals surface area contributed by atoms with Crippen LogP contribution in [0.25, 0.3) is 0 Å². The van der Waals surface area contributed by atoms with Crippen LogP contribution in [-0.2, 0) is 13.9 Å². The minimum absolute atomic E-state index is 0.273. The van der Waals surface area contributed by atoms with E-state index in [-0.39, 0.29) is 5.79 Å². The molecule has 0 amide bonds. The van der Waals surface area contributed by atoms with Crippen LogP contribution in [0.2, 0.25) is 19.6 Å². The molecular formula is C30H52O3Si. The number of fused-ring (bicyclic) bond motifs is 7. The fourth-order valence-electron chi connectivity index (χ4n) is 10.8. The minimum atomic E-state index is -1.45. The normalized spacial score (nSPS) is 57.1. The van der Waals surface area contributed by atoms with Gasteiger partial charge in [0.25, 0.3) is 0 Å². The quantitative estimate of drug-likeness (QED) is 0.374. The number of rotatable bonds is 2. The average Bonchev–Trinajstić information content (AvgIpc) is 3.20. The number of ether oxygens (including phenoxy) is 2. The lowest BCUT2D eigenvalue weighted by molar-refractivity contribution is -0.273. The number of hydrogen-bond donors (Lipinski definition) is 0. The van der Waals surface area contributed by atoms with E-state index in [0.717, 1.165) is 36.7 Å². The molecule has 0 unspecified atom stereocenters. The van der Waals surface area contributed by atoms with Crippen molar-refractivity contribution in [3.8, 4) is 0 Å². The summed E-state index contributed by atoms with van der Waals surface area (Å²) >= 11 is 0. The molecule has 6 rings (SSSR count). The van der Waals surface area contributed by atoms with Crippen molar-refractivity contribution in [2.45, 2.75) is 130 Å². The Kier molecular flexibility index (Phi) is 5.78. The van der Waals surface area contributed by atoms with Crippen LogP contribution in [0.3, 0.4) is 0 Å². The van der Waals surface area contributed by atoms with E-state index in [9.17, 15) is 0 Å². The van der Waals surface area contributed by atoms with Crippen LogP contribution in [0.1, 0.15) is 91.9 Å². The van der Waals surface area contributed by atoms with Crippen LogP contribution >= 0.6 is 0 Å². The van der Waals surface area contributed by atoms with Crippen LogP contribution in [0.5, 0.6) is 0 Å². The largest absolute Gasteiger partial charge is 0.415 e. The smallest absolute Gasteiger partial charge is 0.184 e. The van der Waals surface area contributed by atoms with Crippen molar-refractivity contribution in [2.24, 2.45) is 52.3 Å². The van der Waals surface area contributed by atoms with Gasteiger partial charge in [0.05, 0.1) is 12.7 Å². The summed E-state index contributed by atoms with van der Waals surface area (Å²) in [4.78, 5) is 0. The van der Waals surface area contributed by atoms with Crippen molar-refractivity contribution >= 4 is 8.32 Å². The second kappa shape index (κ2) is 8.05. The van der Waals surface area contributed by atoms with E-state index < -0.39 is 8.32 Å². The van der Waals surface area contributed by atoms with Crippen LogP contribution < -0.4 is 0 Å². The molecule has 0 aromatic rings. The van der Waals surface area contributed by atoms with Gasteiger partial charge >= 0.3 is 0 Å². The molecule has 0 aromatic carbocycles. The Morgan fingerprint density at radius 1 is 0.824 bits per heavy atom. The first-order valence-electron chi connectivity index (χ1n) is 14.9. The average molecular weight is 489 g/mol. The molecule has 3 nitrogen and oxygen atoms in total. The molecule has 2 saturated heterocycles. The van der Waals surface area contributed by atoms with E-state index in [1.54, 1.807) is 0 Å². The van der Waals surface area contributed by atoms with E-state index in [0.29, 0.717) is 40.8 Å². The molecule has 4 heteroatoms. The van der Waals surface area contributed by atoms with E-state index >= 15 is 0 Å². The van der Waals surface area contributed by atoms with Gasteiger partial charge in [-0.3, -0.25) is 0 Å². The second-order valence-corrected chi connectivity index (χ2v) is 19.8. The van der Waals surface area contributed by atoms with Crippen LogP contribution in [0.15, 0.2) is 0 Å². The Balaban J connectivity index is 1.19. The van der Waals surface area contributed by atoms with Crippen molar-refractivity contribution in [1.29, 1.82) is 0 Å². The van der Waals surface area contributed by atoms with Crippen LogP contribution in [0, 0.1) is 52.3 Å². The monoisotopic (exact) mass is 488 g/mol. The van der Waals surface area contributed by atoms with E-state index in [1.807, 2.05) is 0 Å². The lowest BCUT2D eigenvalue weighted by atomic mass is 9.44. The first-order valence-corrected chi connectivity index (χ1v) is 18.4. The maximum absolute atomic E-state index is 6.97. The SMILES string of the molecule is C[C@@H]1CC[C@@]2(OC1)O[C@H]1C[C@H]3[C@@H]4CC[C@H]5C[C@@H](O[Si](C)(C)C)CC[C@]5(C)[C@H]4CC[C@]3(C)[C@H]1[C@@H]2C. The van der Waals surface area contributed by atoms with Gasteiger partial charge in [0.1, 0.15) is 0 Å². The summed E-state index contributed by atoms with van der Waals surface area (Å²) in [5, 5.41) is 0. The molecule has 2 heterocycles. The molecule has 2 aliphatic heterocycles. The summed E-state index contributed by atoms with van der Waals surface area (Å²) in [5.74, 6) is 5.22. The maximum Gasteiger partial charge on any atom is 0.184 e. The molecule has 0 N–H and O–H groups in total. The summed E-state index contributed by atoms with van der Waals surface area (Å²) in [7, 11) is -1.45. The fourth-order valence-corrected chi connectivity index (χ4v) is 12.1. The third-order valence-corrected chi connectivity index (χ3v) is 13.4. The second-order valence-electron chi connectivity index (χ2n) is 15.3. The van der Waals surface area contributed by atoms with E-state index in [1.165, 1.54) is 57.8 Å². The highest BCUT2D eigenvalue weighted by Crippen LogP contribution is 2.71. The molecule has 34 heavy (non-hydrogen) atoms. The molecular weight excluding hydrogens is 436 g/mol. The lowest BCUT2D eigenvalue weighted by Gasteiger charge is -2.61. The summed E-state index contributed by atoms with van der Waals surface area (Å²) in [6.07, 6.45) is 14.4. The van der Waals surface area contributed by atoms with Crippen molar-refractivity contribution in [2.75, 3.05) is 6.61 Å². The highest BCUT2D eigenvalue weighted by molar-refractivity contribution is 6.69. The highest BCUT2D eigenvalue weighted by Gasteiger charge is 2.69. The van der Waals surface area contributed by atoms with Gasteiger partial charge in [0.2, 0.25) is 0 Å². The van der Waals surface area contributed by atoms with Crippen molar-refractivity contribution in [3.05, 3.63) is 0 Å². The highest BCUT2D eigenvalue weighted by atomic mass is 28.4. The molecule has 194 valence electrons. The third kappa shape index (κ3) is 3.58. The summed E-state index contributed by atoms with van der Waals surface area (Å²) in [5.41, 5.74) is 0.986. The Labute approximate surface area is 210 Å². The van der Waals surface area contributed by atoms with Gasteiger partial charge in [0.15, 0.2) is 14.1 Å². The number of hydrogen-bond acceptors (Lipinski definition) is 3. The fraction of sp³-hybridized carbons (Fsp3) is 1.00. The Morgan fingerprint density at radius 2 is 1.59 bits per heavy atom. The van der Waals surface area contributed by atoms with Crippen molar-refractivity contribution in [3.63, 3.8) is 0 Å². The molecule has 12 atom stereocenters. The molecule has 0 bridgehead atoms. The van der Waals surface area contributed by atoms with Gasteiger partial charge in [-0.05, 0) is 124 Å². The van der Waals surface area contributed by atoms with Gasteiger partial charge in [-0.25, -0.2) is 0 Å². The van der Waals surface area contributed by atoms with Gasteiger partial charge in [-0.15, -0.1) is 0 Å². The van der Waals surface area contributed by atoms with Crippen molar-refractivity contribution < 1.29 is 13.9 Å². The third-order valence-electron chi connectivity index (χ3n) is 12.4. The molecule has 6 aliphatic rings. The predicted molar refractivity (Wildman–Crippen MR) is 140 cm³/mol. The summed E-state index contributed by atoms with van der Waals surface area (Å²) in [6, 6.07) is 0.